The van der Waals surface area contributed by atoms with E-state index in [9.17, 15) is 0 Å². The molecule has 1 aromatic rings. The van der Waals surface area contributed by atoms with E-state index in [-0.39, 0.29) is 0 Å². The minimum absolute atomic E-state index is 0.548. The fourth-order valence-electron chi connectivity index (χ4n) is 1.70. The average Bonchev–Trinajstić information content (AvgIpc) is 2.35. The van der Waals surface area contributed by atoms with Crippen LogP contribution >= 0.6 is 0 Å². The lowest BCUT2D eigenvalue weighted by atomic mass is 10.2. The standard InChI is InChI=1S/C14H25N3/c1-4-5-8-15-10-13(2)17(3)12-14-7-6-9-16-11-14/h6-7,9,11,13,15H,4-5,8,10,12H2,1-3H3. The first-order valence-electron chi connectivity index (χ1n) is 6.54. The van der Waals surface area contributed by atoms with E-state index in [1.807, 2.05) is 18.5 Å². The molecule has 0 amide bonds. The van der Waals surface area contributed by atoms with E-state index < -0.39 is 0 Å². The zero-order chi connectivity index (χ0) is 12.5. The number of pyridine rings is 1. The van der Waals surface area contributed by atoms with Gasteiger partial charge in [0.15, 0.2) is 0 Å². The maximum Gasteiger partial charge on any atom is 0.0312 e. The number of nitrogens with one attached hydrogen (secondary N) is 1. The van der Waals surface area contributed by atoms with E-state index >= 15 is 0 Å². The largest absolute Gasteiger partial charge is 0.315 e. The van der Waals surface area contributed by atoms with Gasteiger partial charge in [0, 0.05) is 31.5 Å². The molecule has 0 bridgehead atoms. The van der Waals surface area contributed by atoms with Gasteiger partial charge in [0.1, 0.15) is 0 Å². The highest BCUT2D eigenvalue weighted by Crippen LogP contribution is 2.04. The van der Waals surface area contributed by atoms with Crippen molar-refractivity contribution in [2.24, 2.45) is 0 Å². The van der Waals surface area contributed by atoms with E-state index in [1.54, 1.807) is 0 Å². The van der Waals surface area contributed by atoms with Gasteiger partial charge in [0.25, 0.3) is 0 Å². The van der Waals surface area contributed by atoms with Gasteiger partial charge in [0.05, 0.1) is 0 Å². The number of nitrogens with zero attached hydrogens (tertiary/aromatic N) is 2. The van der Waals surface area contributed by atoms with Crippen molar-refractivity contribution in [3.05, 3.63) is 30.1 Å². The molecular formula is C14H25N3. The summed E-state index contributed by atoms with van der Waals surface area (Å²) in [6, 6.07) is 4.67. The van der Waals surface area contributed by atoms with Crippen LogP contribution in [-0.4, -0.2) is 36.1 Å². The molecule has 1 aromatic heterocycles. The van der Waals surface area contributed by atoms with Crippen molar-refractivity contribution >= 4 is 0 Å². The van der Waals surface area contributed by atoms with Crippen LogP contribution < -0.4 is 5.32 Å². The molecule has 0 aromatic carbocycles. The number of unbranched alkanes of at least 4 members (excludes halogenated alkanes) is 1. The number of aromatic nitrogens is 1. The molecule has 3 heteroatoms. The van der Waals surface area contributed by atoms with Crippen LogP contribution in [0.15, 0.2) is 24.5 Å². The van der Waals surface area contributed by atoms with Crippen LogP contribution in [0.5, 0.6) is 0 Å². The first-order chi connectivity index (χ1) is 8.24. The van der Waals surface area contributed by atoms with Crippen LogP contribution in [-0.2, 0) is 6.54 Å². The Morgan fingerprint density at radius 3 is 2.94 bits per heavy atom. The number of likely N-dealkylation sites (N-methyl/N-ethyl adjacent to an activating group) is 1. The van der Waals surface area contributed by atoms with Gasteiger partial charge in [-0.2, -0.15) is 0 Å². The molecule has 0 aliphatic carbocycles. The maximum atomic E-state index is 4.14. The van der Waals surface area contributed by atoms with Crippen molar-refractivity contribution in [1.29, 1.82) is 0 Å². The molecule has 0 saturated carbocycles. The van der Waals surface area contributed by atoms with Crippen molar-refractivity contribution in [2.45, 2.75) is 39.3 Å². The monoisotopic (exact) mass is 235 g/mol. The summed E-state index contributed by atoms with van der Waals surface area (Å²) in [5.74, 6) is 0. The third-order valence-electron chi connectivity index (χ3n) is 3.05. The Kier molecular flexibility index (Phi) is 6.82. The average molecular weight is 235 g/mol. The van der Waals surface area contributed by atoms with Gasteiger partial charge in [-0.15, -0.1) is 0 Å². The summed E-state index contributed by atoms with van der Waals surface area (Å²) in [6.45, 7) is 7.62. The Morgan fingerprint density at radius 2 is 2.29 bits per heavy atom. The van der Waals surface area contributed by atoms with Crippen LogP contribution in [0.1, 0.15) is 32.3 Å². The third kappa shape index (κ3) is 5.80. The third-order valence-corrected chi connectivity index (χ3v) is 3.05. The first kappa shape index (κ1) is 14.1. The molecule has 0 saturated heterocycles. The Balaban J connectivity index is 2.24. The van der Waals surface area contributed by atoms with Gasteiger partial charge in [-0.3, -0.25) is 9.88 Å². The van der Waals surface area contributed by atoms with E-state index in [0.29, 0.717) is 6.04 Å². The second-order valence-electron chi connectivity index (χ2n) is 4.68. The molecule has 1 rings (SSSR count). The predicted molar refractivity (Wildman–Crippen MR) is 72.9 cm³/mol. The Labute approximate surface area is 105 Å². The Hall–Kier alpha value is -0.930. The summed E-state index contributed by atoms with van der Waals surface area (Å²) in [6.07, 6.45) is 6.28. The normalized spacial score (nSPS) is 12.9. The molecule has 0 aliphatic heterocycles. The highest BCUT2D eigenvalue weighted by molar-refractivity contribution is 5.08. The fourth-order valence-corrected chi connectivity index (χ4v) is 1.70. The smallest absolute Gasteiger partial charge is 0.0312 e. The van der Waals surface area contributed by atoms with Crippen molar-refractivity contribution in [2.75, 3.05) is 20.1 Å². The highest BCUT2D eigenvalue weighted by Gasteiger charge is 2.08. The zero-order valence-electron chi connectivity index (χ0n) is 11.3. The van der Waals surface area contributed by atoms with Crippen molar-refractivity contribution in [3.8, 4) is 0 Å². The van der Waals surface area contributed by atoms with Gasteiger partial charge in [-0.25, -0.2) is 0 Å². The van der Waals surface area contributed by atoms with Gasteiger partial charge in [-0.1, -0.05) is 19.4 Å². The topological polar surface area (TPSA) is 28.2 Å². The van der Waals surface area contributed by atoms with Crippen molar-refractivity contribution < 1.29 is 0 Å². The minimum Gasteiger partial charge on any atom is -0.315 e. The first-order valence-corrected chi connectivity index (χ1v) is 6.54. The summed E-state index contributed by atoms with van der Waals surface area (Å²) >= 11 is 0. The van der Waals surface area contributed by atoms with Crippen LogP contribution in [0.2, 0.25) is 0 Å². The molecule has 1 N–H and O–H groups in total. The summed E-state index contributed by atoms with van der Waals surface area (Å²) in [4.78, 5) is 6.50. The highest BCUT2D eigenvalue weighted by atomic mass is 15.1. The van der Waals surface area contributed by atoms with Gasteiger partial charge >= 0.3 is 0 Å². The molecule has 0 radical (unpaired) electrons. The molecule has 96 valence electrons. The van der Waals surface area contributed by atoms with Crippen molar-refractivity contribution in [3.63, 3.8) is 0 Å². The zero-order valence-corrected chi connectivity index (χ0v) is 11.3. The van der Waals surface area contributed by atoms with E-state index in [4.69, 9.17) is 0 Å². The van der Waals surface area contributed by atoms with Gasteiger partial charge in [0.2, 0.25) is 0 Å². The van der Waals surface area contributed by atoms with Crippen LogP contribution in [0.4, 0.5) is 0 Å². The molecule has 1 atom stereocenters. The Morgan fingerprint density at radius 1 is 1.47 bits per heavy atom. The lowest BCUT2D eigenvalue weighted by Crippen LogP contribution is -2.37. The predicted octanol–water partition coefficient (Wildman–Crippen LogP) is 2.29. The van der Waals surface area contributed by atoms with Crippen LogP contribution in [0.25, 0.3) is 0 Å². The second kappa shape index (κ2) is 8.20. The number of hydrogen-bond donors (Lipinski definition) is 1. The molecular weight excluding hydrogens is 210 g/mol. The molecule has 17 heavy (non-hydrogen) atoms. The summed E-state index contributed by atoms with van der Waals surface area (Å²) < 4.78 is 0. The maximum absolute atomic E-state index is 4.14. The molecule has 0 fully saturated rings. The van der Waals surface area contributed by atoms with Gasteiger partial charge in [-0.05, 0) is 38.6 Å². The summed E-state index contributed by atoms with van der Waals surface area (Å²) in [5.41, 5.74) is 1.27. The van der Waals surface area contributed by atoms with Crippen molar-refractivity contribution in [1.82, 2.24) is 15.2 Å². The summed E-state index contributed by atoms with van der Waals surface area (Å²) in [7, 11) is 2.17. The number of hydrogen-bond acceptors (Lipinski definition) is 3. The second-order valence-corrected chi connectivity index (χ2v) is 4.68. The quantitative estimate of drug-likeness (QED) is 0.701. The Bertz CT molecular complexity index is 287. The van der Waals surface area contributed by atoms with E-state index in [1.165, 1.54) is 18.4 Å². The minimum atomic E-state index is 0.548. The summed E-state index contributed by atoms with van der Waals surface area (Å²) in [5, 5.41) is 3.50. The van der Waals surface area contributed by atoms with E-state index in [2.05, 4.69) is 42.2 Å². The molecule has 1 unspecified atom stereocenters. The van der Waals surface area contributed by atoms with E-state index in [0.717, 1.165) is 19.6 Å². The molecule has 0 aliphatic rings. The molecule has 0 spiro atoms. The fraction of sp³-hybridized carbons (Fsp3) is 0.643. The van der Waals surface area contributed by atoms with Gasteiger partial charge < -0.3 is 5.32 Å². The molecule has 1 heterocycles. The SMILES string of the molecule is CCCCNCC(C)N(C)Cc1cccnc1. The van der Waals surface area contributed by atoms with Crippen LogP contribution in [0.3, 0.4) is 0 Å². The lowest BCUT2D eigenvalue weighted by molar-refractivity contribution is 0.242. The lowest BCUT2D eigenvalue weighted by Gasteiger charge is -2.25. The number of rotatable bonds is 8. The molecule has 3 nitrogen and oxygen atoms in total. The van der Waals surface area contributed by atoms with Crippen LogP contribution in [0, 0.1) is 0 Å².